The van der Waals surface area contributed by atoms with Gasteiger partial charge in [-0.25, -0.2) is 0 Å². The van der Waals surface area contributed by atoms with E-state index in [1.807, 2.05) is 0 Å². The largest absolute Gasteiger partial charge is 0.370 e. The lowest BCUT2D eigenvalue weighted by atomic mass is 10.0. The number of para-hydroxylation sites is 1. The van der Waals surface area contributed by atoms with Crippen LogP contribution in [-0.4, -0.2) is 44.2 Å². The molecule has 1 atom stereocenters. The smallest absolute Gasteiger partial charge is 0.0412 e. The number of likely N-dealkylation sites (N-methyl/N-ethyl adjacent to an activating group) is 1. The Hall–Kier alpha value is -1.06. The maximum atomic E-state index is 3.65. The first-order chi connectivity index (χ1) is 9.74. The van der Waals surface area contributed by atoms with Crippen LogP contribution in [0.25, 0.3) is 0 Å². The molecule has 0 radical (unpaired) electrons. The van der Waals surface area contributed by atoms with Crippen LogP contribution in [0.1, 0.15) is 31.2 Å². The van der Waals surface area contributed by atoms with Crippen molar-refractivity contribution >= 4 is 5.69 Å². The Morgan fingerprint density at radius 3 is 2.75 bits per heavy atom. The molecule has 1 saturated carbocycles. The normalized spacial score (nSPS) is 23.4. The summed E-state index contributed by atoms with van der Waals surface area (Å²) in [6, 6.07) is 10.4. The minimum Gasteiger partial charge on any atom is -0.370 e. The van der Waals surface area contributed by atoms with Gasteiger partial charge in [0.1, 0.15) is 0 Å². The highest BCUT2D eigenvalue weighted by molar-refractivity contribution is 5.54. The minimum atomic E-state index is 0.688. The van der Waals surface area contributed by atoms with Crippen LogP contribution < -0.4 is 10.2 Å². The van der Waals surface area contributed by atoms with E-state index in [-0.39, 0.29) is 0 Å². The first kappa shape index (κ1) is 13.9. The third-order valence-corrected chi connectivity index (χ3v) is 4.62. The van der Waals surface area contributed by atoms with Crippen molar-refractivity contribution in [1.82, 2.24) is 10.2 Å². The standard InChI is InChI=1S/C17H27N3/c1-19(2)16-7-5-11-20(13-16)17-8-4-3-6-14(17)12-18-15-9-10-15/h3-4,6,8,15-16,18H,5,7,9-13H2,1-2H3. The molecule has 2 aliphatic rings. The van der Waals surface area contributed by atoms with Crippen LogP contribution in [0, 0.1) is 0 Å². The molecule has 110 valence electrons. The van der Waals surface area contributed by atoms with E-state index in [0.717, 1.165) is 19.1 Å². The van der Waals surface area contributed by atoms with Gasteiger partial charge in [-0.3, -0.25) is 0 Å². The zero-order chi connectivity index (χ0) is 13.9. The summed E-state index contributed by atoms with van der Waals surface area (Å²) in [4.78, 5) is 4.95. The highest BCUT2D eigenvalue weighted by atomic mass is 15.2. The van der Waals surface area contributed by atoms with Crippen molar-refractivity contribution in [1.29, 1.82) is 0 Å². The molecule has 0 amide bonds. The summed E-state index contributed by atoms with van der Waals surface area (Å²) in [5.74, 6) is 0. The third-order valence-electron chi connectivity index (χ3n) is 4.62. The Labute approximate surface area is 123 Å². The quantitative estimate of drug-likeness (QED) is 0.889. The molecular weight excluding hydrogens is 246 g/mol. The van der Waals surface area contributed by atoms with Gasteiger partial charge in [-0.2, -0.15) is 0 Å². The summed E-state index contributed by atoms with van der Waals surface area (Å²) in [5.41, 5.74) is 2.89. The van der Waals surface area contributed by atoms with Crippen molar-refractivity contribution in [2.75, 3.05) is 32.1 Å². The molecule has 1 N–H and O–H groups in total. The van der Waals surface area contributed by atoms with Gasteiger partial charge >= 0.3 is 0 Å². The Morgan fingerprint density at radius 2 is 2.00 bits per heavy atom. The molecule has 1 aliphatic heterocycles. The Balaban J connectivity index is 1.71. The summed E-state index contributed by atoms with van der Waals surface area (Å²) in [6.07, 6.45) is 5.34. The average molecular weight is 273 g/mol. The van der Waals surface area contributed by atoms with Crippen LogP contribution in [0.2, 0.25) is 0 Å². The van der Waals surface area contributed by atoms with Crippen molar-refractivity contribution in [3.05, 3.63) is 29.8 Å². The molecule has 3 rings (SSSR count). The SMILES string of the molecule is CN(C)C1CCCN(c2ccccc2CNC2CC2)C1. The number of benzene rings is 1. The van der Waals surface area contributed by atoms with Gasteiger partial charge in [0.2, 0.25) is 0 Å². The molecule has 1 aromatic carbocycles. The lowest BCUT2D eigenvalue weighted by molar-refractivity contribution is 0.258. The molecule has 3 heteroatoms. The highest BCUT2D eigenvalue weighted by Crippen LogP contribution is 2.26. The van der Waals surface area contributed by atoms with Gasteiger partial charge in [0, 0.05) is 37.4 Å². The van der Waals surface area contributed by atoms with Gasteiger partial charge in [-0.15, -0.1) is 0 Å². The molecule has 0 bridgehead atoms. The van der Waals surface area contributed by atoms with Crippen molar-refractivity contribution in [3.63, 3.8) is 0 Å². The number of hydrogen-bond acceptors (Lipinski definition) is 3. The fraction of sp³-hybridized carbons (Fsp3) is 0.647. The number of piperidine rings is 1. The minimum absolute atomic E-state index is 0.688. The van der Waals surface area contributed by atoms with Crippen LogP contribution in [0.15, 0.2) is 24.3 Å². The molecule has 20 heavy (non-hydrogen) atoms. The summed E-state index contributed by atoms with van der Waals surface area (Å²) in [5, 5.41) is 3.65. The van der Waals surface area contributed by atoms with Crippen LogP contribution in [0.3, 0.4) is 0 Å². The second kappa shape index (κ2) is 6.15. The van der Waals surface area contributed by atoms with E-state index >= 15 is 0 Å². The van der Waals surface area contributed by atoms with Gasteiger partial charge < -0.3 is 15.1 Å². The molecular formula is C17H27N3. The Bertz CT molecular complexity index is 440. The van der Waals surface area contributed by atoms with Gasteiger partial charge in [0.25, 0.3) is 0 Å². The topological polar surface area (TPSA) is 18.5 Å². The predicted molar refractivity (Wildman–Crippen MR) is 85.2 cm³/mol. The zero-order valence-electron chi connectivity index (χ0n) is 12.8. The highest BCUT2D eigenvalue weighted by Gasteiger charge is 2.24. The van der Waals surface area contributed by atoms with E-state index in [1.165, 1.54) is 43.5 Å². The first-order valence-corrected chi connectivity index (χ1v) is 7.96. The van der Waals surface area contributed by atoms with Crippen LogP contribution >= 0.6 is 0 Å². The first-order valence-electron chi connectivity index (χ1n) is 7.96. The van der Waals surface area contributed by atoms with Gasteiger partial charge in [0.05, 0.1) is 0 Å². The second-order valence-electron chi connectivity index (χ2n) is 6.49. The maximum Gasteiger partial charge on any atom is 0.0412 e. The summed E-state index contributed by atoms with van der Waals surface area (Å²) in [6.45, 7) is 3.38. The zero-order valence-corrected chi connectivity index (χ0v) is 12.8. The Kier molecular flexibility index (Phi) is 4.27. The van der Waals surface area contributed by atoms with Crippen molar-refractivity contribution < 1.29 is 0 Å². The Morgan fingerprint density at radius 1 is 1.20 bits per heavy atom. The molecule has 0 aromatic heterocycles. The van der Waals surface area contributed by atoms with Crippen LogP contribution in [0.5, 0.6) is 0 Å². The van der Waals surface area contributed by atoms with E-state index in [4.69, 9.17) is 0 Å². The molecule has 0 spiro atoms. The number of nitrogens with one attached hydrogen (secondary N) is 1. The monoisotopic (exact) mass is 273 g/mol. The number of anilines is 1. The molecule has 3 nitrogen and oxygen atoms in total. The third kappa shape index (κ3) is 3.33. The molecule has 1 saturated heterocycles. The molecule has 1 unspecified atom stereocenters. The lowest BCUT2D eigenvalue weighted by Crippen LogP contribution is -2.45. The fourth-order valence-corrected chi connectivity index (χ4v) is 3.11. The van der Waals surface area contributed by atoms with Gasteiger partial charge in [0.15, 0.2) is 0 Å². The van der Waals surface area contributed by atoms with Crippen molar-refractivity contribution in [2.24, 2.45) is 0 Å². The van der Waals surface area contributed by atoms with Gasteiger partial charge in [-0.1, -0.05) is 18.2 Å². The van der Waals surface area contributed by atoms with Crippen molar-refractivity contribution in [3.8, 4) is 0 Å². The van der Waals surface area contributed by atoms with Crippen molar-refractivity contribution in [2.45, 2.75) is 44.3 Å². The van der Waals surface area contributed by atoms with E-state index in [9.17, 15) is 0 Å². The number of nitrogens with zero attached hydrogens (tertiary/aromatic N) is 2. The fourth-order valence-electron chi connectivity index (χ4n) is 3.11. The van der Waals surface area contributed by atoms with E-state index < -0.39 is 0 Å². The van der Waals surface area contributed by atoms with Crippen LogP contribution in [-0.2, 0) is 6.54 Å². The van der Waals surface area contributed by atoms with E-state index in [1.54, 1.807) is 0 Å². The summed E-state index contributed by atoms with van der Waals surface area (Å²) in [7, 11) is 4.41. The molecule has 1 heterocycles. The average Bonchev–Trinajstić information content (AvgIpc) is 3.30. The molecule has 1 aliphatic carbocycles. The van der Waals surface area contributed by atoms with Gasteiger partial charge in [-0.05, 0) is 51.4 Å². The number of hydrogen-bond donors (Lipinski definition) is 1. The number of rotatable bonds is 5. The second-order valence-corrected chi connectivity index (χ2v) is 6.49. The summed E-state index contributed by atoms with van der Waals surface area (Å²) >= 11 is 0. The molecule has 1 aromatic rings. The summed E-state index contributed by atoms with van der Waals surface area (Å²) < 4.78 is 0. The van der Waals surface area contributed by atoms with E-state index in [2.05, 4.69) is 53.5 Å². The van der Waals surface area contributed by atoms with E-state index in [0.29, 0.717) is 6.04 Å². The van der Waals surface area contributed by atoms with Crippen LogP contribution in [0.4, 0.5) is 5.69 Å². The maximum absolute atomic E-state index is 3.65. The molecule has 2 fully saturated rings. The predicted octanol–water partition coefficient (Wildman–Crippen LogP) is 2.47. The lowest BCUT2D eigenvalue weighted by Gasteiger charge is -2.38.